The lowest BCUT2D eigenvalue weighted by Gasteiger charge is -2.28. The maximum atomic E-state index is 4.87. The fraction of sp³-hybridized carbons (Fsp3) is 0.257. The van der Waals surface area contributed by atoms with Gasteiger partial charge in [0.15, 0.2) is 0 Å². The van der Waals surface area contributed by atoms with Crippen LogP contribution in [-0.4, -0.2) is 30.3 Å². The van der Waals surface area contributed by atoms with E-state index in [-0.39, 0.29) is 17.5 Å². The number of nitrogens with zero attached hydrogens (tertiary/aromatic N) is 2. The van der Waals surface area contributed by atoms with E-state index >= 15 is 0 Å². The van der Waals surface area contributed by atoms with Gasteiger partial charge in [0.1, 0.15) is 0 Å². The van der Waals surface area contributed by atoms with Crippen LogP contribution in [0.1, 0.15) is 60.0 Å². The van der Waals surface area contributed by atoms with Crippen molar-refractivity contribution in [2.24, 2.45) is 4.99 Å². The number of fused-ring (bicyclic) bond motifs is 3. The minimum Gasteiger partial charge on any atom is -0.387 e. The smallest absolute Gasteiger partial charge is 0.0798 e. The third-order valence-corrected chi connectivity index (χ3v) is 8.75. The Kier molecular flexibility index (Phi) is 5.93. The SMILES string of the molecule is CC1(C)c2cc(C3=CCC(c4cccnc4)N=C3)ccc2-c2ccc(C3C=CC(C4=CNCC=C4)NC3)cc21. The number of nitrogens with one attached hydrogen (secondary N) is 2. The summed E-state index contributed by atoms with van der Waals surface area (Å²) in [5.41, 5.74) is 11.8. The standard InChI is InChI=1S/C35H34N4/c1-35(2)31-17-23(25-9-13-33(38-21-25)27-5-3-15-36-19-27)7-11-29(31)30-12-8-24(18-32(30)35)26-10-14-34(39-22-26)28-6-4-16-37-20-28/h3-13,16-20,22,25,33-34,36,38H,14-15,21H2,1-2H3. The highest BCUT2D eigenvalue weighted by Gasteiger charge is 2.36. The van der Waals surface area contributed by atoms with E-state index in [4.69, 9.17) is 4.99 Å². The first-order valence-electron chi connectivity index (χ1n) is 14.0. The highest BCUT2D eigenvalue weighted by Crippen LogP contribution is 2.50. The fourth-order valence-corrected chi connectivity index (χ4v) is 6.45. The molecular formula is C35H34N4. The summed E-state index contributed by atoms with van der Waals surface area (Å²) in [5.74, 6) is 0.374. The number of hydrogen-bond acceptors (Lipinski definition) is 4. The molecule has 0 spiro atoms. The molecule has 3 atom stereocenters. The van der Waals surface area contributed by atoms with Crippen LogP contribution >= 0.6 is 0 Å². The lowest BCUT2D eigenvalue weighted by atomic mass is 9.80. The van der Waals surface area contributed by atoms with Gasteiger partial charge in [0.25, 0.3) is 0 Å². The minimum absolute atomic E-state index is 0.0565. The number of dihydropyridines is 2. The van der Waals surface area contributed by atoms with Crippen molar-refractivity contribution in [3.63, 3.8) is 0 Å². The van der Waals surface area contributed by atoms with Crippen LogP contribution < -0.4 is 10.6 Å². The molecule has 194 valence electrons. The zero-order chi connectivity index (χ0) is 26.4. The molecule has 2 aromatic carbocycles. The monoisotopic (exact) mass is 510 g/mol. The van der Waals surface area contributed by atoms with Crippen LogP contribution in [0.5, 0.6) is 0 Å². The van der Waals surface area contributed by atoms with Gasteiger partial charge in [0.05, 0.1) is 12.1 Å². The molecule has 1 aromatic heterocycles. The van der Waals surface area contributed by atoms with E-state index in [9.17, 15) is 0 Å². The second-order valence-electron chi connectivity index (χ2n) is 11.5. The molecule has 4 heterocycles. The van der Waals surface area contributed by atoms with Crippen molar-refractivity contribution in [2.45, 2.75) is 43.7 Å². The van der Waals surface area contributed by atoms with Gasteiger partial charge >= 0.3 is 0 Å². The lowest BCUT2D eigenvalue weighted by Crippen LogP contribution is -2.36. The van der Waals surface area contributed by atoms with E-state index in [0.29, 0.717) is 5.92 Å². The number of hydrogen-bond donors (Lipinski definition) is 2. The summed E-state index contributed by atoms with van der Waals surface area (Å²) in [7, 11) is 0. The van der Waals surface area contributed by atoms with Crippen molar-refractivity contribution in [2.75, 3.05) is 13.1 Å². The molecule has 0 radical (unpaired) electrons. The Morgan fingerprint density at radius 3 is 2.54 bits per heavy atom. The van der Waals surface area contributed by atoms with Gasteiger partial charge in [-0.3, -0.25) is 9.98 Å². The van der Waals surface area contributed by atoms with E-state index in [1.54, 1.807) is 0 Å². The van der Waals surface area contributed by atoms with E-state index in [2.05, 4.69) is 109 Å². The first kappa shape index (κ1) is 24.1. The molecule has 3 aliphatic heterocycles. The van der Waals surface area contributed by atoms with E-state index in [1.165, 1.54) is 50.1 Å². The topological polar surface area (TPSA) is 49.3 Å². The molecule has 2 N–H and O–H groups in total. The van der Waals surface area contributed by atoms with Gasteiger partial charge in [-0.1, -0.05) is 80.6 Å². The lowest BCUT2D eigenvalue weighted by molar-refractivity contribution is 0.588. The molecular weight excluding hydrogens is 476 g/mol. The zero-order valence-electron chi connectivity index (χ0n) is 22.6. The second kappa shape index (κ2) is 9.62. The van der Waals surface area contributed by atoms with Gasteiger partial charge in [-0.05, 0) is 68.6 Å². The van der Waals surface area contributed by atoms with Crippen LogP contribution in [-0.2, 0) is 5.41 Å². The van der Waals surface area contributed by atoms with Crippen LogP contribution in [0.25, 0.3) is 16.7 Å². The molecule has 0 fully saturated rings. The molecule has 7 rings (SSSR count). The van der Waals surface area contributed by atoms with Crippen molar-refractivity contribution >= 4 is 11.8 Å². The Balaban J connectivity index is 1.13. The van der Waals surface area contributed by atoms with Gasteiger partial charge in [-0.2, -0.15) is 0 Å². The van der Waals surface area contributed by atoms with Crippen molar-refractivity contribution in [1.82, 2.24) is 15.6 Å². The van der Waals surface area contributed by atoms with Gasteiger partial charge in [-0.15, -0.1) is 0 Å². The number of rotatable bonds is 4. The average Bonchev–Trinajstić information content (AvgIpc) is 3.23. The van der Waals surface area contributed by atoms with Gasteiger partial charge < -0.3 is 10.6 Å². The van der Waals surface area contributed by atoms with E-state index in [1.807, 2.05) is 24.7 Å². The number of allylic oxidation sites excluding steroid dienone is 1. The summed E-state index contributed by atoms with van der Waals surface area (Å²) in [6.45, 7) is 6.59. The second-order valence-corrected chi connectivity index (χ2v) is 11.5. The molecule has 0 bridgehead atoms. The summed E-state index contributed by atoms with van der Waals surface area (Å²) in [5, 5.41) is 7.05. The van der Waals surface area contributed by atoms with Crippen molar-refractivity contribution in [1.29, 1.82) is 0 Å². The summed E-state index contributed by atoms with van der Waals surface area (Å²) in [6.07, 6.45) is 20.2. The third kappa shape index (κ3) is 4.29. The van der Waals surface area contributed by atoms with Crippen molar-refractivity contribution < 1.29 is 0 Å². The van der Waals surface area contributed by atoms with Crippen molar-refractivity contribution in [3.05, 3.63) is 131 Å². The number of aliphatic imine (C=N–C) groups is 1. The van der Waals surface area contributed by atoms with Crippen LogP contribution in [0.3, 0.4) is 0 Å². The Bertz CT molecular complexity index is 1570. The molecule has 0 saturated carbocycles. The van der Waals surface area contributed by atoms with Crippen LogP contribution in [0.2, 0.25) is 0 Å². The van der Waals surface area contributed by atoms with Crippen molar-refractivity contribution in [3.8, 4) is 11.1 Å². The maximum Gasteiger partial charge on any atom is 0.0798 e. The number of aromatic nitrogens is 1. The third-order valence-electron chi connectivity index (χ3n) is 8.75. The molecule has 4 aliphatic rings. The number of benzene rings is 2. The minimum atomic E-state index is -0.0565. The van der Waals surface area contributed by atoms with E-state index in [0.717, 1.165) is 19.5 Å². The average molecular weight is 511 g/mol. The van der Waals surface area contributed by atoms with Crippen LogP contribution in [0.4, 0.5) is 0 Å². The van der Waals surface area contributed by atoms with Crippen LogP contribution in [0, 0.1) is 0 Å². The summed E-state index contributed by atoms with van der Waals surface area (Å²) >= 11 is 0. The largest absolute Gasteiger partial charge is 0.387 e. The molecule has 0 saturated heterocycles. The predicted octanol–water partition coefficient (Wildman–Crippen LogP) is 6.64. The Hall–Kier alpha value is -4.02. The molecule has 3 aromatic rings. The quantitative estimate of drug-likeness (QED) is 0.387. The first-order chi connectivity index (χ1) is 19.1. The Morgan fingerprint density at radius 2 is 1.82 bits per heavy atom. The molecule has 39 heavy (non-hydrogen) atoms. The number of pyridine rings is 1. The summed E-state index contributed by atoms with van der Waals surface area (Å²) in [4.78, 5) is 9.13. The van der Waals surface area contributed by atoms with E-state index < -0.39 is 0 Å². The highest BCUT2D eigenvalue weighted by atomic mass is 14.9. The van der Waals surface area contributed by atoms with Gasteiger partial charge in [-0.25, -0.2) is 0 Å². The summed E-state index contributed by atoms with van der Waals surface area (Å²) in [6, 6.07) is 18.6. The molecule has 4 heteroatoms. The Morgan fingerprint density at radius 1 is 0.949 bits per heavy atom. The zero-order valence-corrected chi connectivity index (χ0v) is 22.6. The molecule has 3 unspecified atom stereocenters. The predicted molar refractivity (Wildman–Crippen MR) is 161 cm³/mol. The Labute approximate surface area is 231 Å². The fourth-order valence-electron chi connectivity index (χ4n) is 6.45. The highest BCUT2D eigenvalue weighted by molar-refractivity contribution is 6.10. The van der Waals surface area contributed by atoms with Crippen LogP contribution in [0.15, 0.2) is 108 Å². The maximum absolute atomic E-state index is 4.87. The first-order valence-corrected chi connectivity index (χ1v) is 14.0. The van der Waals surface area contributed by atoms with Gasteiger partial charge in [0.2, 0.25) is 0 Å². The molecule has 0 amide bonds. The molecule has 1 aliphatic carbocycles. The van der Waals surface area contributed by atoms with Gasteiger partial charge in [0, 0.05) is 49.2 Å². The molecule has 4 nitrogen and oxygen atoms in total. The summed E-state index contributed by atoms with van der Waals surface area (Å²) < 4.78 is 0. The normalized spacial score (nSPS) is 24.4.